The molecule has 0 spiro atoms. The number of nitrogens with zero attached hydrogens (tertiary/aromatic N) is 2. The van der Waals surface area contributed by atoms with E-state index in [9.17, 15) is 24.3 Å². The number of rotatable bonds is 4. The first kappa shape index (κ1) is 18.6. The fourth-order valence-electron chi connectivity index (χ4n) is 1.92. The number of nitriles is 1. The summed E-state index contributed by atoms with van der Waals surface area (Å²) < 4.78 is 0. The lowest BCUT2D eigenvalue weighted by atomic mass is 10.1. The number of carbonyl (C=O) groups is 2. The number of hydrazone groups is 1. The molecule has 0 aliphatic rings. The van der Waals surface area contributed by atoms with Gasteiger partial charge in [0.25, 0.3) is 11.5 Å². The predicted molar refractivity (Wildman–Crippen MR) is 92.5 cm³/mol. The minimum atomic E-state index is -0.892. The zero-order valence-electron chi connectivity index (χ0n) is 13.5. The standard InChI is InChI=1S/C14H12N6O5S/c1-5-7(3-15)13(17-6(2)21)26-9(5)12(24)20-16-4-8-10(22)18-14(25)19-11(8)23/h4H,1-2H3,(H,17,21)(H,20,24)(H3,18,19,22,23,25). The summed E-state index contributed by atoms with van der Waals surface area (Å²) >= 11 is 0.896. The number of aromatic hydroxyl groups is 1. The molecule has 12 heteroatoms. The second kappa shape index (κ2) is 7.45. The van der Waals surface area contributed by atoms with E-state index in [0.717, 1.165) is 17.6 Å². The third kappa shape index (κ3) is 3.84. The third-order valence-corrected chi connectivity index (χ3v) is 4.28. The van der Waals surface area contributed by atoms with Crippen LogP contribution in [0.15, 0.2) is 14.7 Å². The van der Waals surface area contributed by atoms with Crippen LogP contribution in [0, 0.1) is 18.3 Å². The minimum absolute atomic E-state index is 0.141. The second-order valence-corrected chi connectivity index (χ2v) is 5.94. The van der Waals surface area contributed by atoms with Crippen molar-refractivity contribution >= 4 is 34.4 Å². The average Bonchev–Trinajstić information content (AvgIpc) is 2.84. The summed E-state index contributed by atoms with van der Waals surface area (Å²) in [5.74, 6) is -1.78. The molecular formula is C14H12N6O5S. The molecule has 134 valence electrons. The summed E-state index contributed by atoms with van der Waals surface area (Å²) in [6.07, 6.45) is 0.852. The highest BCUT2D eigenvalue weighted by atomic mass is 32.1. The summed E-state index contributed by atoms with van der Waals surface area (Å²) in [4.78, 5) is 49.9. The van der Waals surface area contributed by atoms with Crippen molar-refractivity contribution in [3.63, 3.8) is 0 Å². The topological polar surface area (TPSA) is 180 Å². The van der Waals surface area contributed by atoms with Crippen LogP contribution in [0.5, 0.6) is 5.88 Å². The van der Waals surface area contributed by atoms with Crippen molar-refractivity contribution in [3.05, 3.63) is 42.4 Å². The van der Waals surface area contributed by atoms with Crippen molar-refractivity contribution in [1.82, 2.24) is 15.4 Å². The van der Waals surface area contributed by atoms with Crippen LogP contribution in [0.1, 0.15) is 33.3 Å². The molecule has 2 heterocycles. The predicted octanol–water partition coefficient (Wildman–Crippen LogP) is -0.267. The number of hydrogen-bond donors (Lipinski definition) is 5. The summed E-state index contributed by atoms with van der Waals surface area (Å²) in [6, 6.07) is 1.91. The number of thiophene rings is 1. The Kier molecular flexibility index (Phi) is 5.33. The Balaban J connectivity index is 2.25. The van der Waals surface area contributed by atoms with Gasteiger partial charge in [-0.2, -0.15) is 10.4 Å². The normalized spacial score (nSPS) is 10.5. The van der Waals surface area contributed by atoms with Crippen LogP contribution in [0.2, 0.25) is 0 Å². The quantitative estimate of drug-likeness (QED) is 0.362. The number of anilines is 1. The molecule has 11 nitrogen and oxygen atoms in total. The SMILES string of the molecule is CC(=O)Nc1sc(C(=O)NN=Cc2c(O)[nH]c(=O)[nH]c2=O)c(C)c1C#N. The van der Waals surface area contributed by atoms with Crippen LogP contribution in [-0.4, -0.2) is 33.1 Å². The van der Waals surface area contributed by atoms with Crippen LogP contribution in [0.25, 0.3) is 0 Å². The average molecular weight is 376 g/mol. The Hall–Kier alpha value is -3.72. The van der Waals surface area contributed by atoms with E-state index in [1.54, 1.807) is 0 Å². The zero-order chi connectivity index (χ0) is 19.4. The van der Waals surface area contributed by atoms with Crippen molar-refractivity contribution in [1.29, 1.82) is 5.26 Å². The zero-order valence-corrected chi connectivity index (χ0v) is 14.3. The molecule has 26 heavy (non-hydrogen) atoms. The molecule has 0 atom stereocenters. The number of aromatic nitrogens is 2. The molecular weight excluding hydrogens is 364 g/mol. The lowest BCUT2D eigenvalue weighted by Crippen LogP contribution is -2.25. The van der Waals surface area contributed by atoms with Gasteiger partial charge in [0.2, 0.25) is 11.8 Å². The number of H-pyrrole nitrogens is 2. The molecule has 0 bridgehead atoms. The maximum absolute atomic E-state index is 12.2. The molecule has 0 unspecified atom stereocenters. The van der Waals surface area contributed by atoms with Crippen molar-refractivity contribution < 1.29 is 14.7 Å². The summed E-state index contributed by atoms with van der Waals surface area (Å²) in [5.41, 5.74) is 0.519. The largest absolute Gasteiger partial charge is 0.494 e. The Labute approximate surface area is 149 Å². The Bertz CT molecular complexity index is 1070. The molecule has 2 amide bonds. The summed E-state index contributed by atoms with van der Waals surface area (Å²) in [7, 11) is 0. The van der Waals surface area contributed by atoms with Gasteiger partial charge in [-0.15, -0.1) is 11.3 Å². The number of aromatic amines is 2. The van der Waals surface area contributed by atoms with Crippen molar-refractivity contribution in [2.24, 2.45) is 5.10 Å². The van der Waals surface area contributed by atoms with E-state index in [2.05, 4.69) is 15.8 Å². The number of nitrogens with one attached hydrogen (secondary N) is 4. The molecule has 0 radical (unpaired) electrons. The van der Waals surface area contributed by atoms with Crippen molar-refractivity contribution in [3.8, 4) is 11.9 Å². The fraction of sp³-hybridized carbons (Fsp3) is 0.143. The molecule has 0 aromatic carbocycles. The van der Waals surface area contributed by atoms with Crippen molar-refractivity contribution in [2.45, 2.75) is 13.8 Å². The van der Waals surface area contributed by atoms with E-state index in [4.69, 9.17) is 5.26 Å². The number of amides is 2. The number of carbonyl (C=O) groups excluding carboxylic acids is 2. The fourth-order valence-corrected chi connectivity index (χ4v) is 3.02. The molecule has 2 aromatic rings. The summed E-state index contributed by atoms with van der Waals surface area (Å²) in [6.45, 7) is 2.81. The molecule has 5 N–H and O–H groups in total. The van der Waals surface area contributed by atoms with Crippen LogP contribution in [0.3, 0.4) is 0 Å². The summed E-state index contributed by atoms with van der Waals surface area (Å²) in [5, 5.41) is 24.9. The molecule has 2 rings (SSSR count). The third-order valence-electron chi connectivity index (χ3n) is 3.07. The van der Waals surface area contributed by atoms with Crippen molar-refractivity contribution in [2.75, 3.05) is 5.32 Å². The highest BCUT2D eigenvalue weighted by Gasteiger charge is 2.20. The molecule has 0 saturated heterocycles. The minimum Gasteiger partial charge on any atom is -0.494 e. The monoisotopic (exact) mass is 376 g/mol. The maximum Gasteiger partial charge on any atom is 0.328 e. The molecule has 2 aromatic heterocycles. The first-order chi connectivity index (χ1) is 12.2. The van der Waals surface area contributed by atoms with Gasteiger partial charge < -0.3 is 10.4 Å². The maximum atomic E-state index is 12.2. The Morgan fingerprint density at radius 1 is 1.35 bits per heavy atom. The van der Waals surface area contributed by atoms with E-state index in [-0.39, 0.29) is 26.9 Å². The smallest absolute Gasteiger partial charge is 0.328 e. The van der Waals surface area contributed by atoms with Gasteiger partial charge in [0.15, 0.2) is 0 Å². The Morgan fingerprint density at radius 3 is 2.62 bits per heavy atom. The van der Waals surface area contributed by atoms with Crippen LogP contribution < -0.4 is 22.0 Å². The van der Waals surface area contributed by atoms with Gasteiger partial charge in [0.1, 0.15) is 21.5 Å². The lowest BCUT2D eigenvalue weighted by molar-refractivity contribution is -0.114. The lowest BCUT2D eigenvalue weighted by Gasteiger charge is -1.99. The first-order valence-corrected chi connectivity index (χ1v) is 7.76. The van der Waals surface area contributed by atoms with E-state index in [0.29, 0.717) is 5.56 Å². The van der Waals surface area contributed by atoms with Crippen LogP contribution >= 0.6 is 11.3 Å². The van der Waals surface area contributed by atoms with Gasteiger partial charge in [-0.05, 0) is 12.5 Å². The van der Waals surface area contributed by atoms with Gasteiger partial charge >= 0.3 is 5.69 Å². The molecule has 0 fully saturated rings. The number of hydrogen-bond acceptors (Lipinski definition) is 8. The van der Waals surface area contributed by atoms with Gasteiger partial charge in [-0.25, -0.2) is 10.2 Å². The van der Waals surface area contributed by atoms with Gasteiger partial charge in [0.05, 0.1) is 11.8 Å². The van der Waals surface area contributed by atoms with Gasteiger partial charge in [0, 0.05) is 6.92 Å². The first-order valence-electron chi connectivity index (χ1n) is 6.94. The van der Waals surface area contributed by atoms with Crippen LogP contribution in [0.4, 0.5) is 5.00 Å². The van der Waals surface area contributed by atoms with Gasteiger partial charge in [-0.1, -0.05) is 0 Å². The van der Waals surface area contributed by atoms with E-state index in [1.807, 2.05) is 16.0 Å². The molecule has 0 aliphatic heterocycles. The van der Waals surface area contributed by atoms with Crippen LogP contribution in [-0.2, 0) is 4.79 Å². The van der Waals surface area contributed by atoms with E-state index < -0.39 is 23.0 Å². The van der Waals surface area contributed by atoms with E-state index >= 15 is 0 Å². The molecule has 0 aliphatic carbocycles. The van der Waals surface area contributed by atoms with E-state index in [1.165, 1.54) is 13.8 Å². The second-order valence-electron chi connectivity index (χ2n) is 4.92. The Morgan fingerprint density at radius 2 is 2.04 bits per heavy atom. The van der Waals surface area contributed by atoms with Gasteiger partial charge in [-0.3, -0.25) is 24.4 Å². The highest BCUT2D eigenvalue weighted by molar-refractivity contribution is 7.18. The highest BCUT2D eigenvalue weighted by Crippen LogP contribution is 2.32. The molecule has 0 saturated carbocycles.